The van der Waals surface area contributed by atoms with Crippen LogP contribution in [0.3, 0.4) is 0 Å². The summed E-state index contributed by atoms with van der Waals surface area (Å²) in [4.78, 5) is 31.0. The van der Waals surface area contributed by atoms with Crippen molar-refractivity contribution in [2.45, 2.75) is 12.8 Å². The van der Waals surface area contributed by atoms with Gasteiger partial charge in [0.15, 0.2) is 0 Å². The van der Waals surface area contributed by atoms with Crippen LogP contribution in [0.25, 0.3) is 10.9 Å². The molecule has 0 radical (unpaired) electrons. The van der Waals surface area contributed by atoms with Gasteiger partial charge < -0.3 is 10.2 Å². The smallest absolute Gasteiger partial charge is 0.227 e. The average molecular weight is 394 g/mol. The molecule has 1 saturated heterocycles. The normalized spacial score (nSPS) is 16.5. The topological polar surface area (TPSA) is 62.3 Å². The molecule has 2 amide bonds. The number of benzene rings is 2. The Morgan fingerprint density at radius 2 is 1.96 bits per heavy atom. The van der Waals surface area contributed by atoms with Crippen molar-refractivity contribution >= 4 is 40.0 Å². The first-order valence-electron chi connectivity index (χ1n) is 9.29. The SMILES string of the molecule is O=C(NCCc1cccc2cccnc12)C1CC(=O)N(c2ccccc2Cl)C1. The molecule has 0 spiro atoms. The molecule has 142 valence electrons. The number of fused-ring (bicyclic) bond motifs is 1. The number of para-hydroxylation sites is 2. The van der Waals surface area contributed by atoms with Crippen molar-refractivity contribution in [2.24, 2.45) is 5.92 Å². The van der Waals surface area contributed by atoms with E-state index in [1.807, 2.05) is 42.5 Å². The fourth-order valence-electron chi connectivity index (χ4n) is 3.62. The van der Waals surface area contributed by atoms with Crippen LogP contribution in [0.15, 0.2) is 60.8 Å². The van der Waals surface area contributed by atoms with Gasteiger partial charge in [0, 0.05) is 31.1 Å². The molecule has 1 fully saturated rings. The number of carbonyl (C=O) groups excluding carboxylic acids is 2. The zero-order valence-electron chi connectivity index (χ0n) is 15.3. The van der Waals surface area contributed by atoms with E-state index >= 15 is 0 Å². The van der Waals surface area contributed by atoms with Crippen LogP contribution in [-0.2, 0) is 16.0 Å². The van der Waals surface area contributed by atoms with E-state index < -0.39 is 0 Å². The summed E-state index contributed by atoms with van der Waals surface area (Å²) in [6, 6.07) is 17.2. The van der Waals surface area contributed by atoms with E-state index in [2.05, 4.69) is 10.3 Å². The number of anilines is 1. The number of carbonyl (C=O) groups is 2. The Labute approximate surface area is 168 Å². The molecule has 0 aliphatic carbocycles. The summed E-state index contributed by atoms with van der Waals surface area (Å²) < 4.78 is 0. The molecule has 6 heteroatoms. The van der Waals surface area contributed by atoms with E-state index in [-0.39, 0.29) is 24.2 Å². The van der Waals surface area contributed by atoms with Crippen molar-refractivity contribution in [1.29, 1.82) is 0 Å². The minimum absolute atomic E-state index is 0.0773. The molecule has 0 saturated carbocycles. The van der Waals surface area contributed by atoms with Gasteiger partial charge in [-0.25, -0.2) is 0 Å². The Hall–Kier alpha value is -2.92. The molecule has 1 atom stereocenters. The molecule has 28 heavy (non-hydrogen) atoms. The quantitative estimate of drug-likeness (QED) is 0.720. The second kappa shape index (κ2) is 7.98. The molecule has 2 aromatic carbocycles. The number of pyridine rings is 1. The zero-order chi connectivity index (χ0) is 19.5. The van der Waals surface area contributed by atoms with Gasteiger partial charge in [0.05, 0.1) is 22.1 Å². The molecule has 5 nitrogen and oxygen atoms in total. The highest BCUT2D eigenvalue weighted by Crippen LogP contribution is 2.31. The van der Waals surface area contributed by atoms with Crippen LogP contribution in [0.2, 0.25) is 5.02 Å². The molecule has 1 aliphatic heterocycles. The van der Waals surface area contributed by atoms with Gasteiger partial charge in [-0.15, -0.1) is 0 Å². The van der Waals surface area contributed by atoms with Gasteiger partial charge in [0.1, 0.15) is 0 Å². The predicted octanol–water partition coefficient (Wildman–Crippen LogP) is 3.60. The van der Waals surface area contributed by atoms with Crippen molar-refractivity contribution in [3.63, 3.8) is 0 Å². The summed E-state index contributed by atoms with van der Waals surface area (Å²) in [7, 11) is 0. The molecular weight excluding hydrogens is 374 g/mol. The zero-order valence-corrected chi connectivity index (χ0v) is 16.0. The van der Waals surface area contributed by atoms with E-state index in [0.717, 1.165) is 16.5 Å². The average Bonchev–Trinajstić information content (AvgIpc) is 3.10. The van der Waals surface area contributed by atoms with Crippen LogP contribution in [0, 0.1) is 5.92 Å². The van der Waals surface area contributed by atoms with Gasteiger partial charge in [-0.05, 0) is 30.2 Å². The highest BCUT2D eigenvalue weighted by atomic mass is 35.5. The third-order valence-corrected chi connectivity index (χ3v) is 5.37. The molecule has 3 aromatic rings. The molecule has 1 unspecified atom stereocenters. The fraction of sp³-hybridized carbons (Fsp3) is 0.227. The summed E-state index contributed by atoms with van der Waals surface area (Å²) in [5, 5.41) is 4.57. The Morgan fingerprint density at radius 3 is 2.82 bits per heavy atom. The van der Waals surface area contributed by atoms with Crippen molar-refractivity contribution < 1.29 is 9.59 Å². The lowest BCUT2D eigenvalue weighted by atomic mass is 10.1. The first-order chi connectivity index (χ1) is 13.6. The third kappa shape index (κ3) is 3.71. The number of hydrogen-bond donors (Lipinski definition) is 1. The molecule has 1 aromatic heterocycles. The number of hydrogen-bond acceptors (Lipinski definition) is 3. The van der Waals surface area contributed by atoms with Gasteiger partial charge in [-0.3, -0.25) is 14.6 Å². The summed E-state index contributed by atoms with van der Waals surface area (Å²) >= 11 is 6.20. The van der Waals surface area contributed by atoms with Crippen molar-refractivity contribution in [3.05, 3.63) is 71.4 Å². The van der Waals surface area contributed by atoms with E-state index in [1.54, 1.807) is 23.2 Å². The van der Waals surface area contributed by atoms with Crippen molar-refractivity contribution in [3.8, 4) is 0 Å². The summed E-state index contributed by atoms with van der Waals surface area (Å²) in [5.74, 6) is -0.544. The molecule has 2 heterocycles. The van der Waals surface area contributed by atoms with Gasteiger partial charge in [0.25, 0.3) is 0 Å². The second-order valence-corrected chi connectivity index (χ2v) is 7.30. The molecule has 4 rings (SSSR count). The number of nitrogens with zero attached hydrogens (tertiary/aromatic N) is 2. The lowest BCUT2D eigenvalue weighted by Crippen LogP contribution is -2.34. The molecular formula is C22H20ClN3O2. The Bertz CT molecular complexity index is 1030. The number of aromatic nitrogens is 1. The van der Waals surface area contributed by atoms with Crippen molar-refractivity contribution in [2.75, 3.05) is 18.0 Å². The standard InChI is InChI=1S/C22H20ClN3O2/c23-18-8-1-2-9-19(18)26-14-17(13-20(26)27)22(28)25-12-10-16-6-3-5-15-7-4-11-24-21(15)16/h1-9,11,17H,10,12-14H2,(H,25,28). The third-order valence-electron chi connectivity index (χ3n) is 5.05. The van der Waals surface area contributed by atoms with Crippen LogP contribution < -0.4 is 10.2 Å². The summed E-state index contributed by atoms with van der Waals surface area (Å²) in [6.07, 6.45) is 2.67. The predicted molar refractivity (Wildman–Crippen MR) is 110 cm³/mol. The van der Waals surface area contributed by atoms with Gasteiger partial charge in [-0.2, -0.15) is 0 Å². The Kier molecular flexibility index (Phi) is 5.26. The highest BCUT2D eigenvalue weighted by molar-refractivity contribution is 6.33. The number of nitrogens with one attached hydrogen (secondary N) is 1. The first-order valence-corrected chi connectivity index (χ1v) is 9.66. The number of amides is 2. The van der Waals surface area contributed by atoms with E-state index in [9.17, 15) is 9.59 Å². The molecule has 1 aliphatic rings. The maximum atomic E-state index is 12.6. The van der Waals surface area contributed by atoms with Crippen LogP contribution >= 0.6 is 11.6 Å². The van der Waals surface area contributed by atoms with E-state index in [4.69, 9.17) is 11.6 Å². The maximum Gasteiger partial charge on any atom is 0.227 e. The summed E-state index contributed by atoms with van der Waals surface area (Å²) in [5.41, 5.74) is 2.71. The van der Waals surface area contributed by atoms with E-state index in [1.165, 1.54) is 0 Å². The van der Waals surface area contributed by atoms with Gasteiger partial charge in [-0.1, -0.05) is 48.0 Å². The van der Waals surface area contributed by atoms with E-state index in [0.29, 0.717) is 30.2 Å². The van der Waals surface area contributed by atoms with Crippen LogP contribution in [0.1, 0.15) is 12.0 Å². The minimum Gasteiger partial charge on any atom is -0.355 e. The summed E-state index contributed by atoms with van der Waals surface area (Å²) in [6.45, 7) is 0.857. The van der Waals surface area contributed by atoms with Gasteiger partial charge in [0.2, 0.25) is 11.8 Å². The van der Waals surface area contributed by atoms with Crippen LogP contribution in [0.4, 0.5) is 5.69 Å². The highest BCUT2D eigenvalue weighted by Gasteiger charge is 2.35. The maximum absolute atomic E-state index is 12.6. The first kappa shape index (κ1) is 18.4. The fourth-order valence-corrected chi connectivity index (χ4v) is 3.86. The molecule has 1 N–H and O–H groups in total. The molecule has 0 bridgehead atoms. The second-order valence-electron chi connectivity index (χ2n) is 6.89. The minimum atomic E-state index is -0.366. The lowest BCUT2D eigenvalue weighted by Gasteiger charge is -2.18. The largest absolute Gasteiger partial charge is 0.355 e. The van der Waals surface area contributed by atoms with Crippen molar-refractivity contribution in [1.82, 2.24) is 10.3 Å². The number of halogens is 1. The monoisotopic (exact) mass is 393 g/mol. The van der Waals surface area contributed by atoms with Crippen LogP contribution in [-0.4, -0.2) is 29.9 Å². The van der Waals surface area contributed by atoms with Crippen LogP contribution in [0.5, 0.6) is 0 Å². The Morgan fingerprint density at radius 1 is 1.14 bits per heavy atom. The van der Waals surface area contributed by atoms with Gasteiger partial charge >= 0.3 is 0 Å². The Balaban J connectivity index is 1.37. The lowest BCUT2D eigenvalue weighted by molar-refractivity contribution is -0.126. The number of rotatable bonds is 5.